The third-order valence-corrected chi connectivity index (χ3v) is 4.25. The molecule has 0 unspecified atom stereocenters. The molecule has 0 bridgehead atoms. The van der Waals surface area contributed by atoms with Crippen LogP contribution in [0.4, 0.5) is 0 Å². The Morgan fingerprint density at radius 2 is 2.10 bits per heavy atom. The van der Waals surface area contributed by atoms with Crippen molar-refractivity contribution in [2.24, 2.45) is 11.1 Å². The number of allylic oxidation sites excluding steroid dienone is 5. The lowest BCUT2D eigenvalue weighted by Crippen LogP contribution is -2.30. The number of rotatable bonds is 5. The van der Waals surface area contributed by atoms with E-state index in [1.807, 2.05) is 6.08 Å². The topological polar surface area (TPSA) is 24.8 Å². The second kappa shape index (κ2) is 7.44. The van der Waals surface area contributed by atoms with Crippen LogP contribution >= 0.6 is 0 Å². The Morgan fingerprint density at radius 3 is 2.75 bits per heavy atom. The van der Waals surface area contributed by atoms with Crippen LogP contribution in [0.25, 0.3) is 0 Å². The van der Waals surface area contributed by atoms with Crippen molar-refractivity contribution in [1.82, 2.24) is 4.90 Å². The highest BCUT2D eigenvalue weighted by atomic mass is 16.6. The Morgan fingerprint density at radius 1 is 1.35 bits per heavy atom. The van der Waals surface area contributed by atoms with Gasteiger partial charge in [0.15, 0.2) is 0 Å². The van der Waals surface area contributed by atoms with Crippen LogP contribution in [-0.4, -0.2) is 37.9 Å². The lowest BCUT2D eigenvalue weighted by molar-refractivity contribution is 0.210. The highest BCUT2D eigenvalue weighted by molar-refractivity contribution is 6.11. The second-order valence-electron chi connectivity index (χ2n) is 5.88. The summed E-state index contributed by atoms with van der Waals surface area (Å²) in [5, 5.41) is 3.94. The van der Waals surface area contributed by atoms with Crippen molar-refractivity contribution in [3.05, 3.63) is 36.0 Å². The summed E-state index contributed by atoms with van der Waals surface area (Å²) < 4.78 is 0. The van der Waals surface area contributed by atoms with E-state index >= 15 is 0 Å². The number of piperidine rings is 1. The third kappa shape index (κ3) is 4.34. The predicted molar refractivity (Wildman–Crippen MR) is 84.9 cm³/mol. The lowest BCUT2D eigenvalue weighted by Gasteiger charge is -2.28. The number of nitrogens with zero attached hydrogens (tertiary/aromatic N) is 2. The molecule has 0 spiro atoms. The van der Waals surface area contributed by atoms with Crippen molar-refractivity contribution in [3.63, 3.8) is 0 Å². The summed E-state index contributed by atoms with van der Waals surface area (Å²) in [4.78, 5) is 7.23. The average Bonchev–Trinajstić information content (AvgIpc) is 2.44. The number of hydrogen-bond acceptors (Lipinski definition) is 3. The minimum atomic E-state index is 0.826. The molecule has 110 valence electrons. The molecular formula is C17H26N2O. The van der Waals surface area contributed by atoms with Gasteiger partial charge in [0.25, 0.3) is 0 Å². The molecule has 1 fully saturated rings. The molecule has 1 aliphatic carbocycles. The van der Waals surface area contributed by atoms with Gasteiger partial charge in [-0.25, -0.2) is 0 Å². The summed E-state index contributed by atoms with van der Waals surface area (Å²) in [6, 6.07) is 0. The van der Waals surface area contributed by atoms with Gasteiger partial charge in [-0.15, -0.1) is 0 Å². The van der Waals surface area contributed by atoms with Crippen LogP contribution in [0.3, 0.4) is 0 Å². The maximum absolute atomic E-state index is 4.80. The highest BCUT2D eigenvalue weighted by Crippen LogP contribution is 2.24. The Labute approximate surface area is 122 Å². The van der Waals surface area contributed by atoms with Gasteiger partial charge >= 0.3 is 0 Å². The molecule has 0 radical (unpaired) electrons. The zero-order valence-electron chi connectivity index (χ0n) is 12.8. The first-order chi connectivity index (χ1) is 9.69. The molecule has 20 heavy (non-hydrogen) atoms. The Balaban J connectivity index is 1.73. The van der Waals surface area contributed by atoms with Crippen molar-refractivity contribution in [1.29, 1.82) is 0 Å². The van der Waals surface area contributed by atoms with E-state index < -0.39 is 0 Å². The van der Waals surface area contributed by atoms with Gasteiger partial charge in [0.1, 0.15) is 12.8 Å². The number of oxime groups is 1. The van der Waals surface area contributed by atoms with Crippen molar-refractivity contribution >= 4 is 5.71 Å². The maximum atomic E-state index is 4.80. The van der Waals surface area contributed by atoms with E-state index in [1.165, 1.54) is 44.3 Å². The summed E-state index contributed by atoms with van der Waals surface area (Å²) >= 11 is 0. The molecule has 0 aromatic rings. The van der Waals surface area contributed by atoms with E-state index in [0.29, 0.717) is 0 Å². The van der Waals surface area contributed by atoms with E-state index in [9.17, 15) is 0 Å². The van der Waals surface area contributed by atoms with Gasteiger partial charge in [-0.05, 0) is 69.0 Å². The molecule has 2 aliphatic rings. The Kier molecular flexibility index (Phi) is 5.60. The smallest absolute Gasteiger partial charge is 0.109 e. The SMILES string of the molecule is C=C1C=C(CCCC2CCN(C)CC2)C=C/C1=N/OC. The molecule has 1 heterocycles. The molecule has 3 nitrogen and oxygen atoms in total. The average molecular weight is 274 g/mol. The first kappa shape index (κ1) is 15.0. The zero-order valence-corrected chi connectivity index (χ0v) is 12.8. The molecule has 0 aromatic heterocycles. The standard InChI is InChI=1S/C17H26N2O/c1-14-13-16(7-8-17(14)18-20-3)6-4-5-15-9-11-19(2)12-10-15/h7-8,13,15H,1,4-6,9-12H2,2-3H3/b18-17-. The monoisotopic (exact) mass is 274 g/mol. The molecule has 0 aromatic carbocycles. The van der Waals surface area contributed by atoms with Crippen LogP contribution in [0.15, 0.2) is 41.1 Å². The van der Waals surface area contributed by atoms with Gasteiger partial charge < -0.3 is 9.74 Å². The Bertz CT molecular complexity index is 426. The summed E-state index contributed by atoms with van der Waals surface area (Å²) in [7, 11) is 3.79. The van der Waals surface area contributed by atoms with E-state index in [1.54, 1.807) is 7.11 Å². The van der Waals surface area contributed by atoms with E-state index in [4.69, 9.17) is 4.84 Å². The van der Waals surface area contributed by atoms with Gasteiger partial charge in [-0.3, -0.25) is 0 Å². The molecule has 1 aliphatic heterocycles. The zero-order chi connectivity index (χ0) is 14.4. The minimum Gasteiger partial charge on any atom is -0.399 e. The normalized spacial score (nSPS) is 23.2. The molecule has 0 amide bonds. The predicted octanol–water partition coefficient (Wildman–Crippen LogP) is 3.55. The van der Waals surface area contributed by atoms with Crippen molar-refractivity contribution in [2.75, 3.05) is 27.2 Å². The second-order valence-corrected chi connectivity index (χ2v) is 5.88. The van der Waals surface area contributed by atoms with Gasteiger partial charge in [0, 0.05) is 0 Å². The molecule has 0 atom stereocenters. The molecular weight excluding hydrogens is 248 g/mol. The summed E-state index contributed by atoms with van der Waals surface area (Å²) in [5.41, 5.74) is 3.13. The van der Waals surface area contributed by atoms with Crippen molar-refractivity contribution in [3.8, 4) is 0 Å². The lowest BCUT2D eigenvalue weighted by atomic mass is 9.90. The fourth-order valence-electron chi connectivity index (χ4n) is 2.93. The molecule has 0 saturated carbocycles. The van der Waals surface area contributed by atoms with Crippen LogP contribution in [0.5, 0.6) is 0 Å². The fourth-order valence-corrected chi connectivity index (χ4v) is 2.93. The summed E-state index contributed by atoms with van der Waals surface area (Å²) in [6.45, 7) is 6.56. The van der Waals surface area contributed by atoms with Gasteiger partial charge in [-0.2, -0.15) is 0 Å². The Hall–Kier alpha value is -1.35. The molecule has 2 rings (SSSR count). The van der Waals surface area contributed by atoms with Crippen LogP contribution in [-0.2, 0) is 4.84 Å². The van der Waals surface area contributed by atoms with Gasteiger partial charge in [0.2, 0.25) is 0 Å². The minimum absolute atomic E-state index is 0.826. The number of likely N-dealkylation sites (tertiary alicyclic amines) is 1. The first-order valence-corrected chi connectivity index (χ1v) is 7.56. The van der Waals surface area contributed by atoms with Crippen LogP contribution in [0.2, 0.25) is 0 Å². The van der Waals surface area contributed by atoms with Crippen LogP contribution in [0, 0.1) is 5.92 Å². The van der Waals surface area contributed by atoms with Gasteiger partial charge in [0.05, 0.1) is 0 Å². The van der Waals surface area contributed by atoms with Crippen LogP contribution < -0.4 is 0 Å². The van der Waals surface area contributed by atoms with E-state index in [2.05, 4.69) is 35.8 Å². The van der Waals surface area contributed by atoms with E-state index in [-0.39, 0.29) is 0 Å². The summed E-state index contributed by atoms with van der Waals surface area (Å²) in [6.07, 6.45) is 12.8. The van der Waals surface area contributed by atoms with Crippen molar-refractivity contribution < 1.29 is 4.84 Å². The maximum Gasteiger partial charge on any atom is 0.109 e. The molecule has 3 heteroatoms. The third-order valence-electron chi connectivity index (χ3n) is 4.25. The molecule has 1 saturated heterocycles. The quantitative estimate of drug-likeness (QED) is 0.716. The van der Waals surface area contributed by atoms with Crippen LogP contribution in [0.1, 0.15) is 32.1 Å². The molecule has 0 N–H and O–H groups in total. The van der Waals surface area contributed by atoms with E-state index in [0.717, 1.165) is 23.6 Å². The van der Waals surface area contributed by atoms with Crippen molar-refractivity contribution in [2.45, 2.75) is 32.1 Å². The largest absolute Gasteiger partial charge is 0.399 e. The fraction of sp³-hybridized carbons (Fsp3) is 0.588. The number of hydrogen-bond donors (Lipinski definition) is 0. The van der Waals surface area contributed by atoms with Gasteiger partial charge in [-0.1, -0.05) is 30.3 Å². The first-order valence-electron chi connectivity index (χ1n) is 7.56. The summed E-state index contributed by atoms with van der Waals surface area (Å²) in [5.74, 6) is 0.924. The highest BCUT2D eigenvalue weighted by Gasteiger charge is 2.16.